The van der Waals surface area contributed by atoms with Gasteiger partial charge in [0.25, 0.3) is 5.91 Å². The van der Waals surface area contributed by atoms with Gasteiger partial charge in [-0.1, -0.05) is 0 Å². The minimum Gasteiger partial charge on any atom is -0.444 e. The van der Waals surface area contributed by atoms with Crippen molar-refractivity contribution in [2.24, 2.45) is 5.73 Å². The van der Waals surface area contributed by atoms with Crippen LogP contribution in [0, 0.1) is 6.57 Å². The number of amides is 2. The number of hydrogen-bond acceptors (Lipinski definition) is 5. The van der Waals surface area contributed by atoms with Crippen LogP contribution >= 0.6 is 0 Å². The van der Waals surface area contributed by atoms with E-state index in [0.29, 0.717) is 19.3 Å². The van der Waals surface area contributed by atoms with E-state index in [2.05, 4.69) is 15.3 Å². The van der Waals surface area contributed by atoms with Crippen LogP contribution in [0.25, 0.3) is 4.85 Å². The van der Waals surface area contributed by atoms with Gasteiger partial charge in [-0.2, -0.15) is 5.10 Å². The van der Waals surface area contributed by atoms with Gasteiger partial charge < -0.3 is 26.4 Å². The molecule has 1 saturated carbocycles. The van der Waals surface area contributed by atoms with Crippen LogP contribution in [0.2, 0.25) is 0 Å². The number of carbonyl (C=O) groups is 2. The number of rotatable bonds is 3. The van der Waals surface area contributed by atoms with E-state index in [1.54, 1.807) is 25.5 Å². The summed E-state index contributed by atoms with van der Waals surface area (Å²) >= 11 is 0. The van der Waals surface area contributed by atoms with Crippen molar-refractivity contribution >= 4 is 17.8 Å². The zero-order valence-electron chi connectivity index (χ0n) is 14.7. The monoisotopic (exact) mass is 348 g/mol. The van der Waals surface area contributed by atoms with Crippen LogP contribution in [0.1, 0.15) is 56.4 Å². The van der Waals surface area contributed by atoms with Gasteiger partial charge in [0, 0.05) is 18.7 Å². The number of aromatic nitrogens is 2. The van der Waals surface area contributed by atoms with Crippen LogP contribution in [0.4, 0.5) is 10.6 Å². The number of ether oxygens (including phenoxy) is 1. The van der Waals surface area contributed by atoms with Crippen LogP contribution in [0.5, 0.6) is 0 Å². The predicted octanol–water partition coefficient (Wildman–Crippen LogP) is 1.47. The van der Waals surface area contributed by atoms with E-state index in [1.807, 2.05) is 0 Å². The summed E-state index contributed by atoms with van der Waals surface area (Å²) in [6, 6.07) is -0.757. The number of anilines is 1. The summed E-state index contributed by atoms with van der Waals surface area (Å²) in [5.74, 6) is -0.589. The highest BCUT2D eigenvalue weighted by atomic mass is 16.6. The Bertz CT molecular complexity index is 700. The second-order valence-electron chi connectivity index (χ2n) is 7.19. The van der Waals surface area contributed by atoms with Crippen molar-refractivity contribution in [3.05, 3.63) is 23.2 Å². The Morgan fingerprint density at radius 2 is 2.12 bits per heavy atom. The Labute approximate surface area is 146 Å². The molecule has 0 radical (unpaired) electrons. The number of nitrogens with two attached hydrogens (primary N) is 2. The van der Waals surface area contributed by atoms with Gasteiger partial charge in [-0.3, -0.25) is 9.48 Å². The third-order valence-corrected chi connectivity index (χ3v) is 4.03. The average molecular weight is 348 g/mol. The van der Waals surface area contributed by atoms with Gasteiger partial charge in [0.15, 0.2) is 5.82 Å². The summed E-state index contributed by atoms with van der Waals surface area (Å²) in [4.78, 5) is 26.9. The van der Waals surface area contributed by atoms with E-state index in [1.165, 1.54) is 6.20 Å². The summed E-state index contributed by atoms with van der Waals surface area (Å²) < 4.78 is 6.80. The Morgan fingerprint density at radius 3 is 2.64 bits per heavy atom. The van der Waals surface area contributed by atoms with Gasteiger partial charge in [-0.25, -0.2) is 11.4 Å². The lowest BCUT2D eigenvalue weighted by molar-refractivity contribution is 0.0486. The topological polar surface area (TPSA) is 130 Å². The summed E-state index contributed by atoms with van der Waals surface area (Å²) in [7, 11) is 0. The molecule has 0 saturated heterocycles. The van der Waals surface area contributed by atoms with Gasteiger partial charge in [-0.05, 0) is 33.6 Å². The molecule has 0 aliphatic heterocycles. The molecule has 9 heteroatoms. The smallest absolute Gasteiger partial charge is 0.407 e. The zero-order valence-corrected chi connectivity index (χ0v) is 14.7. The van der Waals surface area contributed by atoms with E-state index in [4.69, 9.17) is 22.8 Å². The highest BCUT2D eigenvalue weighted by Gasteiger charge is 2.38. The number of alkyl carbamates (subject to hydrolysis) is 1. The van der Waals surface area contributed by atoms with Gasteiger partial charge in [0.1, 0.15) is 17.2 Å². The molecule has 136 valence electrons. The van der Waals surface area contributed by atoms with Gasteiger partial charge in [-0.15, -0.1) is 0 Å². The van der Waals surface area contributed by atoms with Crippen LogP contribution < -0.4 is 16.8 Å². The Morgan fingerprint density at radius 1 is 1.44 bits per heavy atom. The molecule has 1 aliphatic carbocycles. The molecule has 1 aromatic heterocycles. The van der Waals surface area contributed by atoms with Crippen molar-refractivity contribution in [2.45, 2.75) is 63.8 Å². The fraction of sp³-hybridized carbons (Fsp3) is 0.625. The van der Waals surface area contributed by atoms with Gasteiger partial charge in [0.2, 0.25) is 6.04 Å². The molecule has 2 rings (SSSR count). The fourth-order valence-corrected chi connectivity index (χ4v) is 2.95. The normalized spacial score (nSPS) is 23.5. The molecule has 0 aromatic carbocycles. The first-order valence-electron chi connectivity index (χ1n) is 8.11. The summed E-state index contributed by atoms with van der Waals surface area (Å²) in [5, 5.41) is 6.94. The van der Waals surface area contributed by atoms with E-state index >= 15 is 0 Å². The first-order chi connectivity index (χ1) is 11.6. The van der Waals surface area contributed by atoms with Crippen LogP contribution in [0.15, 0.2) is 6.20 Å². The highest BCUT2D eigenvalue weighted by Crippen LogP contribution is 2.32. The zero-order chi connectivity index (χ0) is 18.8. The van der Waals surface area contributed by atoms with Crippen molar-refractivity contribution in [1.82, 2.24) is 15.1 Å². The predicted molar refractivity (Wildman–Crippen MR) is 91.6 cm³/mol. The lowest BCUT2D eigenvalue weighted by Gasteiger charge is -2.30. The Hall–Kier alpha value is -2.76. The standard InChI is InChI=1S/C16H24N6O3/c1-16(2,3)25-15(24)20-9-5-6-12(11(7-9)19-4)22-8-10(14(18)23)13(17)21-22/h8-9,11-12H,5-7H2,1-3H3,(H2,17,21)(H2,18,23)(H,20,24)/t9-,11+,12?/m0/s1. The molecule has 25 heavy (non-hydrogen) atoms. The number of hydrogen-bond donors (Lipinski definition) is 3. The quantitative estimate of drug-likeness (QED) is 0.712. The Kier molecular flexibility index (Phi) is 5.21. The van der Waals surface area contributed by atoms with Crippen molar-refractivity contribution in [3.63, 3.8) is 0 Å². The SMILES string of the molecule is [C-]#[N+][C@@H]1C[C@@H](NC(=O)OC(C)(C)C)CCC1n1cc(C(N)=O)c(N)n1. The van der Waals surface area contributed by atoms with Gasteiger partial charge in [0.05, 0.1) is 0 Å². The molecule has 9 nitrogen and oxygen atoms in total. The largest absolute Gasteiger partial charge is 0.444 e. The maximum absolute atomic E-state index is 11.9. The summed E-state index contributed by atoms with van der Waals surface area (Å²) in [6.07, 6.45) is 2.76. The summed E-state index contributed by atoms with van der Waals surface area (Å²) in [5.41, 5.74) is 10.5. The molecular formula is C16H24N6O3. The minimum absolute atomic E-state index is 0.0604. The van der Waals surface area contributed by atoms with Crippen LogP contribution in [-0.4, -0.2) is 39.5 Å². The van der Waals surface area contributed by atoms with Crippen molar-refractivity contribution in [2.75, 3.05) is 5.73 Å². The molecule has 1 fully saturated rings. The molecule has 1 aliphatic rings. The molecule has 3 atom stereocenters. The minimum atomic E-state index is -0.650. The summed E-state index contributed by atoms with van der Waals surface area (Å²) in [6.45, 7) is 12.8. The first kappa shape index (κ1) is 18.6. The molecule has 1 aromatic rings. The van der Waals surface area contributed by atoms with Crippen molar-refractivity contribution in [3.8, 4) is 0 Å². The van der Waals surface area contributed by atoms with Crippen LogP contribution in [0.3, 0.4) is 0 Å². The van der Waals surface area contributed by atoms with Crippen molar-refractivity contribution in [1.29, 1.82) is 0 Å². The van der Waals surface area contributed by atoms with E-state index in [0.717, 1.165) is 0 Å². The van der Waals surface area contributed by atoms with Crippen LogP contribution in [-0.2, 0) is 4.74 Å². The maximum Gasteiger partial charge on any atom is 0.407 e. The fourth-order valence-electron chi connectivity index (χ4n) is 2.95. The number of nitrogen functional groups attached to an aromatic ring is 1. The number of nitrogens with zero attached hydrogens (tertiary/aromatic N) is 3. The Balaban J connectivity index is 2.05. The van der Waals surface area contributed by atoms with E-state index in [-0.39, 0.29) is 23.5 Å². The highest BCUT2D eigenvalue weighted by molar-refractivity contribution is 5.96. The first-order valence-corrected chi connectivity index (χ1v) is 8.11. The molecule has 1 unspecified atom stereocenters. The molecule has 5 N–H and O–H groups in total. The lowest BCUT2D eigenvalue weighted by Crippen LogP contribution is -2.44. The van der Waals surface area contributed by atoms with E-state index < -0.39 is 23.6 Å². The molecule has 0 bridgehead atoms. The van der Waals surface area contributed by atoms with Crippen molar-refractivity contribution < 1.29 is 14.3 Å². The third kappa shape index (κ3) is 4.62. The molecule has 1 heterocycles. The molecular weight excluding hydrogens is 324 g/mol. The molecule has 2 amide bonds. The average Bonchev–Trinajstić information content (AvgIpc) is 2.87. The second-order valence-corrected chi connectivity index (χ2v) is 7.19. The molecule has 0 spiro atoms. The van der Waals surface area contributed by atoms with Gasteiger partial charge >= 0.3 is 6.09 Å². The maximum atomic E-state index is 11.9. The van der Waals surface area contributed by atoms with E-state index in [9.17, 15) is 9.59 Å². The third-order valence-electron chi connectivity index (χ3n) is 4.03. The number of primary amides is 1. The lowest BCUT2D eigenvalue weighted by atomic mass is 9.87. The number of carbonyl (C=O) groups excluding carboxylic acids is 2. The number of nitrogens with one attached hydrogen (secondary N) is 1. The second kappa shape index (κ2) is 7.01.